The van der Waals surface area contributed by atoms with Crippen LogP contribution in [0.15, 0.2) is 48.5 Å². The molecule has 0 bridgehead atoms. The van der Waals surface area contributed by atoms with Crippen molar-refractivity contribution in [3.8, 4) is 11.8 Å². The number of nitrogens with zero attached hydrogens (tertiary/aromatic N) is 1. The van der Waals surface area contributed by atoms with Gasteiger partial charge in [0.05, 0.1) is 11.6 Å². The van der Waals surface area contributed by atoms with Crippen LogP contribution in [0.1, 0.15) is 11.1 Å². The highest BCUT2D eigenvalue weighted by Crippen LogP contribution is 2.17. The summed E-state index contributed by atoms with van der Waals surface area (Å²) in [6, 6.07) is 15.1. The molecule has 0 fully saturated rings. The number of rotatable bonds is 5. The van der Waals surface area contributed by atoms with Crippen molar-refractivity contribution in [3.63, 3.8) is 0 Å². The Hall–Kier alpha value is -2.87. The number of halogens is 1. The molecule has 1 N–H and O–H groups in total. The molecule has 21 heavy (non-hydrogen) atoms. The van der Waals surface area contributed by atoms with Gasteiger partial charge in [-0.25, -0.2) is 4.39 Å². The number of hydrogen-bond donors (Lipinski definition) is 1. The van der Waals surface area contributed by atoms with Crippen molar-refractivity contribution < 1.29 is 13.9 Å². The third kappa shape index (κ3) is 4.32. The highest BCUT2D eigenvalue weighted by molar-refractivity contribution is 5.77. The second-order valence-electron chi connectivity index (χ2n) is 4.31. The molecule has 5 heteroatoms. The van der Waals surface area contributed by atoms with Crippen LogP contribution in [-0.4, -0.2) is 12.5 Å². The van der Waals surface area contributed by atoms with E-state index in [1.807, 2.05) is 36.4 Å². The maximum Gasteiger partial charge on any atom is 0.258 e. The summed E-state index contributed by atoms with van der Waals surface area (Å²) in [7, 11) is 0. The van der Waals surface area contributed by atoms with Crippen molar-refractivity contribution in [1.82, 2.24) is 5.32 Å². The SMILES string of the molecule is N#Cc1ccc(OCC(=O)NCc2ccccc2)c(F)c1. The molecule has 0 atom stereocenters. The zero-order valence-corrected chi connectivity index (χ0v) is 11.2. The summed E-state index contributed by atoms with van der Waals surface area (Å²) >= 11 is 0. The lowest BCUT2D eigenvalue weighted by Gasteiger charge is -2.08. The molecule has 0 unspecified atom stereocenters. The van der Waals surface area contributed by atoms with Crippen molar-refractivity contribution in [2.24, 2.45) is 0 Å². The fourth-order valence-electron chi connectivity index (χ4n) is 1.68. The lowest BCUT2D eigenvalue weighted by molar-refractivity contribution is -0.123. The predicted molar refractivity (Wildman–Crippen MR) is 74.9 cm³/mol. The Morgan fingerprint density at radius 1 is 1.24 bits per heavy atom. The zero-order chi connectivity index (χ0) is 15.1. The van der Waals surface area contributed by atoms with E-state index in [2.05, 4.69) is 5.32 Å². The minimum absolute atomic E-state index is 0.0520. The highest BCUT2D eigenvalue weighted by atomic mass is 19.1. The van der Waals surface area contributed by atoms with Gasteiger partial charge in [-0.15, -0.1) is 0 Å². The minimum Gasteiger partial charge on any atom is -0.481 e. The number of hydrogen-bond acceptors (Lipinski definition) is 3. The minimum atomic E-state index is -0.662. The predicted octanol–water partition coefficient (Wildman–Crippen LogP) is 2.39. The van der Waals surface area contributed by atoms with E-state index in [1.54, 1.807) is 0 Å². The van der Waals surface area contributed by atoms with Crippen LogP contribution in [0, 0.1) is 17.1 Å². The van der Waals surface area contributed by atoms with Gasteiger partial charge in [-0.2, -0.15) is 5.26 Å². The second-order valence-corrected chi connectivity index (χ2v) is 4.31. The largest absolute Gasteiger partial charge is 0.481 e. The lowest BCUT2D eigenvalue weighted by Crippen LogP contribution is -2.28. The van der Waals surface area contributed by atoms with E-state index in [1.165, 1.54) is 12.1 Å². The number of carbonyl (C=O) groups excluding carboxylic acids is 1. The fourth-order valence-corrected chi connectivity index (χ4v) is 1.68. The molecule has 0 aliphatic carbocycles. The molecular formula is C16H13FN2O2. The molecule has 2 rings (SSSR count). The Morgan fingerprint density at radius 3 is 2.67 bits per heavy atom. The topological polar surface area (TPSA) is 62.1 Å². The molecule has 0 saturated carbocycles. The maximum absolute atomic E-state index is 13.5. The van der Waals surface area contributed by atoms with Gasteiger partial charge >= 0.3 is 0 Å². The molecule has 0 radical (unpaired) electrons. The van der Waals surface area contributed by atoms with Crippen LogP contribution in [0.3, 0.4) is 0 Å². The first kappa shape index (κ1) is 14.5. The van der Waals surface area contributed by atoms with Crippen molar-refractivity contribution >= 4 is 5.91 Å². The maximum atomic E-state index is 13.5. The summed E-state index contributed by atoms with van der Waals surface area (Å²) < 4.78 is 18.6. The van der Waals surface area contributed by atoms with Crippen molar-refractivity contribution in [2.75, 3.05) is 6.61 Å². The Balaban J connectivity index is 1.83. The lowest BCUT2D eigenvalue weighted by atomic mass is 10.2. The van der Waals surface area contributed by atoms with Crippen LogP contribution in [0.25, 0.3) is 0 Å². The van der Waals surface area contributed by atoms with Crippen LogP contribution in [0.2, 0.25) is 0 Å². The Morgan fingerprint density at radius 2 is 2.00 bits per heavy atom. The molecule has 0 aliphatic heterocycles. The van der Waals surface area contributed by atoms with Crippen molar-refractivity contribution in [3.05, 3.63) is 65.5 Å². The average molecular weight is 284 g/mol. The number of carbonyl (C=O) groups is 1. The number of amides is 1. The molecule has 106 valence electrons. The van der Waals surface area contributed by atoms with Gasteiger partial charge < -0.3 is 10.1 Å². The van der Waals surface area contributed by atoms with Crippen LogP contribution < -0.4 is 10.1 Å². The van der Waals surface area contributed by atoms with Crippen molar-refractivity contribution in [2.45, 2.75) is 6.54 Å². The first-order chi connectivity index (χ1) is 10.2. The van der Waals surface area contributed by atoms with E-state index in [0.29, 0.717) is 6.54 Å². The van der Waals surface area contributed by atoms with Gasteiger partial charge in [0.15, 0.2) is 18.2 Å². The monoisotopic (exact) mass is 284 g/mol. The number of benzene rings is 2. The number of nitrogens with one attached hydrogen (secondary N) is 1. The molecular weight excluding hydrogens is 271 g/mol. The molecule has 0 saturated heterocycles. The van der Waals surface area contributed by atoms with Crippen LogP contribution >= 0.6 is 0 Å². The molecule has 4 nitrogen and oxygen atoms in total. The van der Waals surface area contributed by atoms with Crippen LogP contribution in [0.5, 0.6) is 5.75 Å². The first-order valence-electron chi connectivity index (χ1n) is 6.32. The van der Waals surface area contributed by atoms with Gasteiger partial charge in [0.2, 0.25) is 0 Å². The summed E-state index contributed by atoms with van der Waals surface area (Å²) in [4.78, 5) is 11.6. The molecule has 0 aliphatic rings. The average Bonchev–Trinajstić information content (AvgIpc) is 2.52. The number of nitriles is 1. The fraction of sp³-hybridized carbons (Fsp3) is 0.125. The molecule has 1 amide bonds. The summed E-state index contributed by atoms with van der Waals surface area (Å²) in [6.45, 7) is 0.106. The van der Waals surface area contributed by atoms with Gasteiger partial charge in [-0.1, -0.05) is 30.3 Å². The van der Waals surface area contributed by atoms with Gasteiger partial charge in [0.25, 0.3) is 5.91 Å². The van der Waals surface area contributed by atoms with E-state index in [0.717, 1.165) is 11.6 Å². The normalized spacial score (nSPS) is 9.71. The molecule has 0 aromatic heterocycles. The summed E-state index contributed by atoms with van der Waals surface area (Å²) in [5, 5.41) is 11.3. The van der Waals surface area contributed by atoms with Crippen LogP contribution in [-0.2, 0) is 11.3 Å². The summed E-state index contributed by atoms with van der Waals surface area (Å²) in [5.41, 5.74) is 1.17. The molecule has 2 aromatic rings. The summed E-state index contributed by atoms with van der Waals surface area (Å²) in [6.07, 6.45) is 0. The quantitative estimate of drug-likeness (QED) is 0.917. The van der Waals surface area contributed by atoms with Gasteiger partial charge in [-0.3, -0.25) is 4.79 Å². The van der Waals surface area contributed by atoms with Crippen LogP contribution in [0.4, 0.5) is 4.39 Å². The standard InChI is InChI=1S/C16H13FN2O2/c17-14-8-13(9-18)6-7-15(14)21-11-16(20)19-10-12-4-2-1-3-5-12/h1-8H,10-11H2,(H,19,20). The van der Waals surface area contributed by atoms with E-state index in [-0.39, 0.29) is 23.8 Å². The Kier molecular flexibility index (Phi) is 4.89. The Labute approximate surface area is 121 Å². The molecule has 0 heterocycles. The third-order valence-corrected chi connectivity index (χ3v) is 2.75. The van der Waals surface area contributed by atoms with Crippen molar-refractivity contribution in [1.29, 1.82) is 5.26 Å². The zero-order valence-electron chi connectivity index (χ0n) is 11.2. The smallest absolute Gasteiger partial charge is 0.258 e. The van der Waals surface area contributed by atoms with E-state index >= 15 is 0 Å². The van der Waals surface area contributed by atoms with Gasteiger partial charge in [0.1, 0.15) is 0 Å². The number of ether oxygens (including phenoxy) is 1. The van der Waals surface area contributed by atoms with E-state index in [9.17, 15) is 9.18 Å². The molecule has 0 spiro atoms. The highest BCUT2D eigenvalue weighted by Gasteiger charge is 2.07. The first-order valence-corrected chi connectivity index (χ1v) is 6.32. The van der Waals surface area contributed by atoms with Gasteiger partial charge in [-0.05, 0) is 23.8 Å². The second kappa shape index (κ2) is 7.06. The third-order valence-electron chi connectivity index (χ3n) is 2.75. The van der Waals surface area contributed by atoms with E-state index < -0.39 is 5.82 Å². The molecule has 2 aromatic carbocycles. The van der Waals surface area contributed by atoms with E-state index in [4.69, 9.17) is 10.00 Å². The Bertz CT molecular complexity index is 666. The van der Waals surface area contributed by atoms with Gasteiger partial charge in [0, 0.05) is 6.54 Å². The summed E-state index contributed by atoms with van der Waals surface area (Å²) in [5.74, 6) is -1.06.